The van der Waals surface area contributed by atoms with Crippen LogP contribution in [0.15, 0.2) is 24.3 Å². The van der Waals surface area contributed by atoms with Crippen LogP contribution in [0, 0.1) is 5.92 Å². The van der Waals surface area contributed by atoms with Crippen LogP contribution in [0.25, 0.3) is 0 Å². The molecule has 4 heteroatoms. The highest BCUT2D eigenvalue weighted by Crippen LogP contribution is 2.24. The van der Waals surface area contributed by atoms with Gasteiger partial charge in [-0.25, -0.2) is 0 Å². The first kappa shape index (κ1) is 39.4. The summed E-state index contributed by atoms with van der Waals surface area (Å²) < 4.78 is 10.8. The molecule has 0 rings (SSSR count). The fourth-order valence-electron chi connectivity index (χ4n) is 5.48. The maximum atomic E-state index is 12.6. The molecule has 0 saturated carbocycles. The molecule has 0 N–H and O–H groups in total. The van der Waals surface area contributed by atoms with Crippen LogP contribution in [0.2, 0.25) is 0 Å². The molecule has 0 aliphatic carbocycles. The summed E-state index contributed by atoms with van der Waals surface area (Å²) in [4.78, 5) is 24.4. The first-order chi connectivity index (χ1) is 20.1. The molecule has 2 atom stereocenters. The van der Waals surface area contributed by atoms with Gasteiger partial charge in [-0.15, -0.1) is 0 Å². The molecule has 0 amide bonds. The Bertz CT molecular complexity index is 639. The highest BCUT2D eigenvalue weighted by Gasteiger charge is 2.30. The quantitative estimate of drug-likeness (QED) is 0.0485. The van der Waals surface area contributed by atoms with E-state index in [2.05, 4.69) is 38.2 Å². The highest BCUT2D eigenvalue weighted by molar-refractivity contribution is 5.74. The summed E-state index contributed by atoms with van der Waals surface area (Å²) in [6, 6.07) is 0. The van der Waals surface area contributed by atoms with Crippen LogP contribution in [0.1, 0.15) is 181 Å². The van der Waals surface area contributed by atoms with Crippen LogP contribution >= 0.6 is 0 Å². The van der Waals surface area contributed by atoms with Crippen molar-refractivity contribution < 1.29 is 19.1 Å². The van der Waals surface area contributed by atoms with Gasteiger partial charge >= 0.3 is 11.9 Å². The van der Waals surface area contributed by atoms with Crippen molar-refractivity contribution in [1.29, 1.82) is 0 Å². The number of carbonyl (C=O) groups is 2. The smallest absolute Gasteiger partial charge is 0.312 e. The van der Waals surface area contributed by atoms with E-state index in [1.54, 1.807) is 0 Å². The summed E-state index contributed by atoms with van der Waals surface area (Å²) in [6.07, 6.45) is 38.8. The van der Waals surface area contributed by atoms with Gasteiger partial charge in [0.1, 0.15) is 6.10 Å². The van der Waals surface area contributed by atoms with Gasteiger partial charge in [0, 0.05) is 6.92 Å². The Morgan fingerprint density at radius 2 is 0.902 bits per heavy atom. The molecule has 4 nitrogen and oxygen atoms in total. The average molecular weight is 577 g/mol. The SMILES string of the molecule is CCCCCCC=CCCCCCC[C@@H](C(=O)OC)[C@H](CCCCCCCC=CCCCCCCCC)OC(C)=O. The van der Waals surface area contributed by atoms with E-state index in [9.17, 15) is 9.59 Å². The van der Waals surface area contributed by atoms with Crippen molar-refractivity contribution in [3.63, 3.8) is 0 Å². The number of esters is 2. The van der Waals surface area contributed by atoms with Gasteiger partial charge in [-0.1, -0.05) is 128 Å². The van der Waals surface area contributed by atoms with Gasteiger partial charge < -0.3 is 9.47 Å². The van der Waals surface area contributed by atoms with Crippen molar-refractivity contribution in [1.82, 2.24) is 0 Å². The predicted molar refractivity (Wildman–Crippen MR) is 176 cm³/mol. The average Bonchev–Trinajstić information content (AvgIpc) is 2.96. The second-order valence-corrected chi connectivity index (χ2v) is 12.0. The van der Waals surface area contributed by atoms with Crippen LogP contribution in [0.5, 0.6) is 0 Å². The second-order valence-electron chi connectivity index (χ2n) is 12.0. The van der Waals surface area contributed by atoms with E-state index in [0.717, 1.165) is 44.9 Å². The minimum atomic E-state index is -0.375. The minimum Gasteiger partial charge on any atom is -0.469 e. The van der Waals surface area contributed by atoms with E-state index in [1.165, 1.54) is 130 Å². The van der Waals surface area contributed by atoms with E-state index in [0.29, 0.717) is 0 Å². The van der Waals surface area contributed by atoms with E-state index in [1.807, 2.05) is 0 Å². The minimum absolute atomic E-state index is 0.241. The molecular formula is C37H68O4. The Balaban J connectivity index is 4.15. The largest absolute Gasteiger partial charge is 0.469 e. The molecule has 0 fully saturated rings. The number of unbranched alkanes of at least 4 members (excludes halogenated alkanes) is 19. The normalized spacial score (nSPS) is 13.2. The second kappa shape index (κ2) is 31.4. The van der Waals surface area contributed by atoms with Gasteiger partial charge in [-0.05, 0) is 70.6 Å². The molecule has 0 aromatic rings. The van der Waals surface area contributed by atoms with Crippen LogP contribution in [-0.2, 0) is 19.1 Å². The third-order valence-electron chi connectivity index (χ3n) is 8.05. The topological polar surface area (TPSA) is 52.6 Å². The van der Waals surface area contributed by atoms with Crippen LogP contribution in [0.4, 0.5) is 0 Å². The van der Waals surface area contributed by atoms with Gasteiger partial charge in [0.15, 0.2) is 0 Å². The third kappa shape index (κ3) is 27.0. The van der Waals surface area contributed by atoms with E-state index in [-0.39, 0.29) is 24.0 Å². The number of carbonyl (C=O) groups excluding carboxylic acids is 2. The molecule has 0 aromatic carbocycles. The maximum absolute atomic E-state index is 12.6. The molecule has 0 bridgehead atoms. The highest BCUT2D eigenvalue weighted by atomic mass is 16.6. The van der Waals surface area contributed by atoms with E-state index >= 15 is 0 Å². The maximum Gasteiger partial charge on any atom is 0.312 e. The molecule has 0 aliphatic rings. The fraction of sp³-hybridized carbons (Fsp3) is 0.838. The Labute approximate surface area is 255 Å². The summed E-state index contributed by atoms with van der Waals surface area (Å²) in [7, 11) is 1.44. The lowest BCUT2D eigenvalue weighted by atomic mass is 9.91. The Morgan fingerprint density at radius 3 is 1.32 bits per heavy atom. The predicted octanol–water partition coefficient (Wildman–Crippen LogP) is 11.6. The summed E-state index contributed by atoms with van der Waals surface area (Å²) in [5.41, 5.74) is 0. The zero-order valence-electron chi connectivity index (χ0n) is 27.8. The van der Waals surface area contributed by atoms with Crippen molar-refractivity contribution in [2.24, 2.45) is 5.92 Å². The standard InChI is InChI=1S/C37H68O4/c1-5-7-9-11-13-15-17-19-20-21-23-25-27-29-31-33-36(41-34(3)38)35(37(39)40-4)32-30-28-26-24-22-18-16-14-12-10-8-6-2/h16,18-20,35-36H,5-15,17,21-33H2,1-4H3/t35-,36+/m1/s1. The van der Waals surface area contributed by atoms with Crippen LogP contribution in [-0.4, -0.2) is 25.2 Å². The Hall–Kier alpha value is -1.58. The van der Waals surface area contributed by atoms with Crippen molar-refractivity contribution in [2.75, 3.05) is 7.11 Å². The van der Waals surface area contributed by atoms with Crippen LogP contribution < -0.4 is 0 Å². The van der Waals surface area contributed by atoms with E-state index in [4.69, 9.17) is 9.47 Å². The molecule has 0 aromatic heterocycles. The first-order valence-electron chi connectivity index (χ1n) is 17.6. The monoisotopic (exact) mass is 577 g/mol. The third-order valence-corrected chi connectivity index (χ3v) is 8.05. The van der Waals surface area contributed by atoms with Crippen LogP contribution in [0.3, 0.4) is 0 Å². The number of ether oxygens (including phenoxy) is 2. The number of methoxy groups -OCH3 is 1. The zero-order chi connectivity index (χ0) is 30.2. The molecular weight excluding hydrogens is 508 g/mol. The molecule has 0 heterocycles. The van der Waals surface area contributed by atoms with Gasteiger partial charge in [-0.2, -0.15) is 0 Å². The lowest BCUT2D eigenvalue weighted by molar-refractivity contribution is -0.160. The zero-order valence-corrected chi connectivity index (χ0v) is 27.8. The molecule has 0 aliphatic heterocycles. The summed E-state index contributed by atoms with van der Waals surface area (Å²) in [5.74, 6) is -0.906. The molecule has 0 spiro atoms. The van der Waals surface area contributed by atoms with Crippen molar-refractivity contribution in [3.8, 4) is 0 Å². The molecule has 0 unspecified atom stereocenters. The summed E-state index contributed by atoms with van der Waals surface area (Å²) in [6.45, 7) is 5.96. The number of hydrogen-bond donors (Lipinski definition) is 0. The molecule has 0 radical (unpaired) electrons. The van der Waals surface area contributed by atoms with Gasteiger partial charge in [0.25, 0.3) is 0 Å². The molecule has 240 valence electrons. The van der Waals surface area contributed by atoms with E-state index < -0.39 is 0 Å². The Kier molecular flexibility index (Phi) is 30.1. The number of hydrogen-bond acceptors (Lipinski definition) is 4. The number of allylic oxidation sites excluding steroid dienone is 4. The Morgan fingerprint density at radius 1 is 0.537 bits per heavy atom. The van der Waals surface area contributed by atoms with Crippen molar-refractivity contribution in [2.45, 2.75) is 187 Å². The number of rotatable bonds is 30. The van der Waals surface area contributed by atoms with Gasteiger partial charge in [0.2, 0.25) is 0 Å². The summed E-state index contributed by atoms with van der Waals surface area (Å²) >= 11 is 0. The lowest BCUT2D eigenvalue weighted by Gasteiger charge is -2.25. The fourth-order valence-corrected chi connectivity index (χ4v) is 5.48. The van der Waals surface area contributed by atoms with Crippen molar-refractivity contribution in [3.05, 3.63) is 24.3 Å². The first-order valence-corrected chi connectivity index (χ1v) is 17.6. The summed E-state index contributed by atoms with van der Waals surface area (Å²) in [5, 5.41) is 0. The van der Waals surface area contributed by atoms with Crippen molar-refractivity contribution >= 4 is 11.9 Å². The van der Waals surface area contributed by atoms with Gasteiger partial charge in [0.05, 0.1) is 13.0 Å². The van der Waals surface area contributed by atoms with Gasteiger partial charge in [-0.3, -0.25) is 9.59 Å². The molecule has 41 heavy (non-hydrogen) atoms. The lowest BCUT2D eigenvalue weighted by Crippen LogP contribution is -2.33. The molecule has 0 saturated heterocycles.